The normalized spacial score (nSPS) is 15.4. The topological polar surface area (TPSA) is 102 Å². The molecule has 2 aromatic rings. The number of carbonyl (C=O) groups excluding carboxylic acids is 1. The second-order valence-electron chi connectivity index (χ2n) is 7.66. The number of aromatic nitrogens is 1. The summed E-state index contributed by atoms with van der Waals surface area (Å²) in [6.45, 7) is 8.30. The molecule has 2 heterocycles. The summed E-state index contributed by atoms with van der Waals surface area (Å²) in [7, 11) is -3.64. The molecule has 0 aliphatic carbocycles. The average molecular weight is 436 g/mol. The van der Waals surface area contributed by atoms with Crippen LogP contribution in [0.15, 0.2) is 27.6 Å². The number of ether oxygens (including phenoxy) is 1. The first-order chi connectivity index (χ1) is 14.2. The van der Waals surface area contributed by atoms with Crippen LogP contribution < -0.4 is 10.1 Å². The number of nitrogens with zero attached hydrogens (tertiary/aromatic N) is 2. The number of hydrogen-bond donors (Lipinski definition) is 1. The van der Waals surface area contributed by atoms with E-state index >= 15 is 0 Å². The van der Waals surface area contributed by atoms with Crippen molar-refractivity contribution < 1.29 is 22.5 Å². The summed E-state index contributed by atoms with van der Waals surface area (Å²) in [6.07, 6.45) is 3.13. The van der Waals surface area contributed by atoms with E-state index in [2.05, 4.69) is 10.5 Å². The number of hydrogen-bond acceptors (Lipinski definition) is 6. The number of rotatable bonds is 7. The number of aryl methyl sites for hydroxylation is 2. The molecule has 1 N–H and O–H groups in total. The molecule has 0 bridgehead atoms. The van der Waals surface area contributed by atoms with Gasteiger partial charge in [0.2, 0.25) is 10.0 Å². The van der Waals surface area contributed by atoms with Gasteiger partial charge in [-0.15, -0.1) is 0 Å². The minimum atomic E-state index is -3.64. The maximum atomic E-state index is 13.1. The van der Waals surface area contributed by atoms with Gasteiger partial charge in [0.05, 0.1) is 22.4 Å². The number of benzene rings is 1. The van der Waals surface area contributed by atoms with Crippen LogP contribution in [0.25, 0.3) is 0 Å². The summed E-state index contributed by atoms with van der Waals surface area (Å²) in [5, 5.41) is 6.72. The van der Waals surface area contributed by atoms with Crippen molar-refractivity contribution in [1.29, 1.82) is 0 Å². The van der Waals surface area contributed by atoms with Gasteiger partial charge in [-0.3, -0.25) is 4.79 Å². The number of amides is 1. The summed E-state index contributed by atoms with van der Waals surface area (Å²) < 4.78 is 38.6. The van der Waals surface area contributed by atoms with E-state index in [1.807, 2.05) is 20.8 Å². The second kappa shape index (κ2) is 9.18. The number of piperidine rings is 1. The van der Waals surface area contributed by atoms with Crippen molar-refractivity contribution in [3.63, 3.8) is 0 Å². The maximum Gasteiger partial charge on any atom is 0.261 e. The fourth-order valence-corrected chi connectivity index (χ4v) is 5.06. The minimum absolute atomic E-state index is 0.133. The summed E-state index contributed by atoms with van der Waals surface area (Å²) in [4.78, 5) is 13.1. The molecule has 0 unspecified atom stereocenters. The van der Waals surface area contributed by atoms with Crippen LogP contribution in [0.1, 0.15) is 61.8 Å². The molecule has 8 nitrogen and oxygen atoms in total. The summed E-state index contributed by atoms with van der Waals surface area (Å²) in [5.74, 6) is 0.405. The lowest BCUT2D eigenvalue weighted by Gasteiger charge is -2.26. The average Bonchev–Trinajstić information content (AvgIpc) is 3.10. The zero-order valence-electron chi connectivity index (χ0n) is 17.9. The molecule has 1 saturated heterocycles. The highest BCUT2D eigenvalue weighted by atomic mass is 32.2. The Bertz CT molecular complexity index is 1010. The quantitative estimate of drug-likeness (QED) is 0.710. The highest BCUT2D eigenvalue weighted by molar-refractivity contribution is 7.89. The van der Waals surface area contributed by atoms with E-state index in [9.17, 15) is 13.2 Å². The van der Waals surface area contributed by atoms with Gasteiger partial charge in [-0.25, -0.2) is 8.42 Å². The lowest BCUT2D eigenvalue weighted by atomic mass is 10.1. The van der Waals surface area contributed by atoms with E-state index in [0.29, 0.717) is 48.0 Å². The van der Waals surface area contributed by atoms with Crippen LogP contribution in [0, 0.1) is 6.92 Å². The van der Waals surface area contributed by atoms with Gasteiger partial charge in [0.15, 0.2) is 0 Å². The van der Waals surface area contributed by atoms with Gasteiger partial charge in [0, 0.05) is 13.1 Å². The van der Waals surface area contributed by atoms with Gasteiger partial charge in [-0.2, -0.15) is 4.31 Å². The van der Waals surface area contributed by atoms with Crippen molar-refractivity contribution in [1.82, 2.24) is 9.46 Å². The highest BCUT2D eigenvalue weighted by Gasteiger charge is 2.28. The van der Waals surface area contributed by atoms with Crippen LogP contribution in [0.4, 0.5) is 5.69 Å². The van der Waals surface area contributed by atoms with Gasteiger partial charge >= 0.3 is 0 Å². The van der Waals surface area contributed by atoms with Crippen LogP contribution in [-0.2, 0) is 16.4 Å². The van der Waals surface area contributed by atoms with Crippen LogP contribution in [0.3, 0.4) is 0 Å². The van der Waals surface area contributed by atoms with E-state index in [1.165, 1.54) is 16.4 Å². The zero-order valence-corrected chi connectivity index (χ0v) is 18.7. The molecule has 0 atom stereocenters. The summed E-state index contributed by atoms with van der Waals surface area (Å²) >= 11 is 0. The Morgan fingerprint density at radius 1 is 1.27 bits per heavy atom. The third kappa shape index (κ3) is 4.67. The summed E-state index contributed by atoms with van der Waals surface area (Å²) in [5.41, 5.74) is 1.21. The first kappa shape index (κ1) is 22.3. The minimum Gasteiger partial charge on any atom is -0.489 e. The number of sulfonamides is 1. The molecule has 3 rings (SSSR count). The van der Waals surface area contributed by atoms with Crippen molar-refractivity contribution in [3.8, 4) is 5.75 Å². The Balaban J connectivity index is 1.97. The Morgan fingerprint density at radius 2 is 1.97 bits per heavy atom. The monoisotopic (exact) mass is 435 g/mol. The van der Waals surface area contributed by atoms with Gasteiger partial charge in [-0.05, 0) is 58.2 Å². The molecule has 1 amide bonds. The van der Waals surface area contributed by atoms with Gasteiger partial charge in [0.1, 0.15) is 17.1 Å². The van der Waals surface area contributed by atoms with Crippen molar-refractivity contribution in [3.05, 3.63) is 35.2 Å². The van der Waals surface area contributed by atoms with E-state index in [-0.39, 0.29) is 11.0 Å². The van der Waals surface area contributed by atoms with Gasteiger partial charge in [0.25, 0.3) is 5.91 Å². The predicted molar refractivity (Wildman–Crippen MR) is 113 cm³/mol. The van der Waals surface area contributed by atoms with Crippen molar-refractivity contribution in [2.75, 3.05) is 18.4 Å². The Labute approximate surface area is 177 Å². The molecule has 0 spiro atoms. The molecule has 9 heteroatoms. The molecule has 0 radical (unpaired) electrons. The molecule has 30 heavy (non-hydrogen) atoms. The molecule has 1 fully saturated rings. The Hall–Kier alpha value is -2.39. The third-order valence-corrected chi connectivity index (χ3v) is 6.90. The van der Waals surface area contributed by atoms with Crippen LogP contribution >= 0.6 is 0 Å². The lowest BCUT2D eigenvalue weighted by Crippen LogP contribution is -2.35. The molecular formula is C21H29N3O5S. The van der Waals surface area contributed by atoms with Crippen molar-refractivity contribution in [2.45, 2.75) is 64.4 Å². The molecule has 1 aliphatic heterocycles. The highest BCUT2D eigenvalue weighted by Crippen LogP contribution is 2.31. The standard InChI is InChI=1S/C21H29N3O5S/c1-5-17-20(15(4)29-23-17)21(25)22-18-13-16(9-10-19(18)28-14(2)3)30(26,27)24-11-7-6-8-12-24/h9-10,13-14H,5-8,11-12H2,1-4H3,(H,22,25). The molecular weight excluding hydrogens is 406 g/mol. The lowest BCUT2D eigenvalue weighted by molar-refractivity contribution is 0.102. The third-order valence-electron chi connectivity index (χ3n) is 5.01. The van der Waals surface area contributed by atoms with Crippen LogP contribution in [0.2, 0.25) is 0 Å². The van der Waals surface area contributed by atoms with E-state index < -0.39 is 15.9 Å². The van der Waals surface area contributed by atoms with Crippen molar-refractivity contribution >= 4 is 21.6 Å². The summed E-state index contributed by atoms with van der Waals surface area (Å²) in [6, 6.07) is 4.58. The molecule has 1 aliphatic rings. The van der Waals surface area contributed by atoms with E-state index in [0.717, 1.165) is 19.3 Å². The molecule has 1 aromatic heterocycles. The smallest absolute Gasteiger partial charge is 0.261 e. The molecule has 164 valence electrons. The van der Waals surface area contributed by atoms with Crippen LogP contribution in [-0.4, -0.2) is 43.0 Å². The Morgan fingerprint density at radius 3 is 2.60 bits per heavy atom. The fraction of sp³-hybridized carbons (Fsp3) is 0.524. The van der Waals surface area contributed by atoms with Crippen molar-refractivity contribution in [2.24, 2.45) is 0 Å². The first-order valence-corrected chi connectivity index (χ1v) is 11.8. The molecule has 1 aromatic carbocycles. The maximum absolute atomic E-state index is 13.1. The largest absolute Gasteiger partial charge is 0.489 e. The second-order valence-corrected chi connectivity index (χ2v) is 9.60. The Kier molecular flexibility index (Phi) is 6.82. The number of carbonyl (C=O) groups is 1. The SMILES string of the molecule is CCc1noc(C)c1C(=O)Nc1cc(S(=O)(=O)N2CCCCC2)ccc1OC(C)C. The fourth-order valence-electron chi connectivity index (χ4n) is 3.51. The van der Waals surface area contributed by atoms with Gasteiger partial charge in [-0.1, -0.05) is 18.5 Å². The zero-order chi connectivity index (χ0) is 21.9. The van der Waals surface area contributed by atoms with Crippen LogP contribution in [0.5, 0.6) is 5.75 Å². The molecule has 0 saturated carbocycles. The first-order valence-electron chi connectivity index (χ1n) is 10.3. The van der Waals surface area contributed by atoms with E-state index in [4.69, 9.17) is 9.26 Å². The number of nitrogens with one attached hydrogen (secondary N) is 1. The van der Waals surface area contributed by atoms with Gasteiger partial charge < -0.3 is 14.6 Å². The van der Waals surface area contributed by atoms with E-state index in [1.54, 1.807) is 13.0 Å². The number of anilines is 1. The predicted octanol–water partition coefficient (Wildman–Crippen LogP) is 3.76.